The summed E-state index contributed by atoms with van der Waals surface area (Å²) >= 11 is 4.98. The molecule has 0 bridgehead atoms. The van der Waals surface area contributed by atoms with Crippen LogP contribution in [0.15, 0.2) is 75.3 Å². The van der Waals surface area contributed by atoms with E-state index in [-0.39, 0.29) is 12.5 Å². The highest BCUT2D eigenvalue weighted by Crippen LogP contribution is 2.40. The largest absolute Gasteiger partial charge is 0.457 e. The van der Waals surface area contributed by atoms with Gasteiger partial charge in [-0.15, -0.1) is 0 Å². The molecule has 1 atom stereocenters. The Morgan fingerprint density at radius 1 is 1.21 bits per heavy atom. The van der Waals surface area contributed by atoms with Crippen LogP contribution in [0, 0.1) is 0 Å². The second-order valence-corrected chi connectivity index (χ2v) is 8.75. The maximum atomic E-state index is 13.1. The number of thioether (sulfide) groups is 1. The molecule has 2 aromatic carbocycles. The van der Waals surface area contributed by atoms with E-state index in [4.69, 9.17) is 4.74 Å². The standard InChI is InChI=1S/C22H19BrN2O3S/c1-14-19(21(27)28-13-15-5-3-2-4-6-15)20(16-7-9-17(23)10-8-16)25-18(26)11-12-29-22(25)24-14/h2-10,20H,11-13H2,1H3/t20-/m0/s1. The van der Waals surface area contributed by atoms with E-state index >= 15 is 0 Å². The molecule has 0 aromatic heterocycles. The number of esters is 1. The second-order valence-electron chi connectivity index (χ2n) is 6.77. The van der Waals surface area contributed by atoms with Crippen LogP contribution in [0.4, 0.5) is 0 Å². The molecule has 2 aliphatic heterocycles. The van der Waals surface area contributed by atoms with Crippen molar-refractivity contribution in [1.29, 1.82) is 0 Å². The first kappa shape index (κ1) is 19.9. The van der Waals surface area contributed by atoms with Gasteiger partial charge in [-0.1, -0.05) is 70.2 Å². The maximum absolute atomic E-state index is 13.1. The van der Waals surface area contributed by atoms with Gasteiger partial charge in [-0.25, -0.2) is 9.79 Å². The lowest BCUT2D eigenvalue weighted by atomic mass is 9.94. The average molecular weight is 471 g/mol. The lowest BCUT2D eigenvalue weighted by molar-refractivity contribution is -0.141. The molecule has 7 heteroatoms. The van der Waals surface area contributed by atoms with Crippen LogP contribution in [0.3, 0.4) is 0 Å². The minimum absolute atomic E-state index is 0.0312. The number of carbonyl (C=O) groups is 2. The molecule has 0 saturated carbocycles. The minimum atomic E-state index is -0.542. The summed E-state index contributed by atoms with van der Waals surface area (Å²) in [5, 5.41) is 0.645. The number of benzene rings is 2. The van der Waals surface area contributed by atoms with E-state index < -0.39 is 12.0 Å². The summed E-state index contributed by atoms with van der Waals surface area (Å²) in [6, 6.07) is 16.6. The van der Waals surface area contributed by atoms with Crippen LogP contribution in [0.2, 0.25) is 0 Å². The fourth-order valence-electron chi connectivity index (χ4n) is 3.42. The second kappa shape index (κ2) is 8.55. The molecule has 29 heavy (non-hydrogen) atoms. The Morgan fingerprint density at radius 2 is 1.93 bits per heavy atom. The molecule has 5 nitrogen and oxygen atoms in total. The molecule has 1 fully saturated rings. The van der Waals surface area contributed by atoms with Gasteiger partial charge in [0.1, 0.15) is 6.61 Å². The number of ether oxygens (including phenoxy) is 1. The summed E-state index contributed by atoms with van der Waals surface area (Å²) < 4.78 is 6.54. The van der Waals surface area contributed by atoms with Gasteiger partial charge >= 0.3 is 5.97 Å². The minimum Gasteiger partial charge on any atom is -0.457 e. The van der Waals surface area contributed by atoms with Gasteiger partial charge in [0.05, 0.1) is 17.3 Å². The number of amides is 1. The van der Waals surface area contributed by atoms with Gasteiger partial charge in [0.15, 0.2) is 5.17 Å². The first-order valence-corrected chi connectivity index (χ1v) is 11.0. The van der Waals surface area contributed by atoms with Crippen LogP contribution in [-0.2, 0) is 20.9 Å². The number of hydrogen-bond acceptors (Lipinski definition) is 5. The normalized spacial score (nSPS) is 19.0. The highest BCUT2D eigenvalue weighted by Gasteiger charge is 2.41. The first-order chi connectivity index (χ1) is 14.0. The van der Waals surface area contributed by atoms with Crippen LogP contribution in [0.5, 0.6) is 0 Å². The molecular weight excluding hydrogens is 452 g/mol. The third kappa shape index (κ3) is 4.16. The van der Waals surface area contributed by atoms with Crippen molar-refractivity contribution in [2.45, 2.75) is 26.0 Å². The number of allylic oxidation sites excluding steroid dienone is 1. The maximum Gasteiger partial charge on any atom is 0.338 e. The van der Waals surface area contributed by atoms with Crippen LogP contribution in [-0.4, -0.2) is 27.7 Å². The molecule has 2 aliphatic rings. The highest BCUT2D eigenvalue weighted by molar-refractivity contribution is 9.10. The van der Waals surface area contributed by atoms with E-state index in [0.29, 0.717) is 28.6 Å². The zero-order chi connectivity index (χ0) is 20.4. The van der Waals surface area contributed by atoms with Crippen molar-refractivity contribution in [2.24, 2.45) is 4.99 Å². The monoisotopic (exact) mass is 470 g/mol. The smallest absolute Gasteiger partial charge is 0.338 e. The Balaban J connectivity index is 1.71. The van der Waals surface area contributed by atoms with E-state index in [2.05, 4.69) is 20.9 Å². The van der Waals surface area contributed by atoms with E-state index in [1.54, 1.807) is 11.8 Å². The summed E-state index contributed by atoms with van der Waals surface area (Å²) in [7, 11) is 0. The fourth-order valence-corrected chi connectivity index (χ4v) is 4.69. The molecule has 0 radical (unpaired) electrons. The van der Waals surface area contributed by atoms with Gasteiger partial charge < -0.3 is 4.74 Å². The van der Waals surface area contributed by atoms with E-state index in [1.165, 1.54) is 11.8 Å². The Kier molecular flexibility index (Phi) is 5.87. The van der Waals surface area contributed by atoms with Gasteiger partial charge in [0.25, 0.3) is 0 Å². The molecule has 0 aliphatic carbocycles. The van der Waals surface area contributed by atoms with Gasteiger partial charge in [0.2, 0.25) is 5.91 Å². The number of fused-ring (bicyclic) bond motifs is 1. The SMILES string of the molecule is CC1=C(C(=O)OCc2ccccc2)[C@H](c2ccc(Br)cc2)N2C(=O)CCSC2=N1. The molecule has 0 unspecified atom stereocenters. The third-order valence-corrected chi connectivity index (χ3v) is 6.31. The summed E-state index contributed by atoms with van der Waals surface area (Å²) in [6.45, 7) is 1.97. The Morgan fingerprint density at radius 3 is 2.66 bits per heavy atom. The summed E-state index contributed by atoms with van der Waals surface area (Å²) in [6.07, 6.45) is 0.419. The Labute approximate surface area is 182 Å². The molecule has 148 valence electrons. The van der Waals surface area contributed by atoms with Crippen molar-refractivity contribution in [3.8, 4) is 0 Å². The zero-order valence-electron chi connectivity index (χ0n) is 15.8. The van der Waals surface area contributed by atoms with Crippen molar-refractivity contribution in [3.63, 3.8) is 0 Å². The van der Waals surface area contributed by atoms with Gasteiger partial charge in [0, 0.05) is 16.6 Å². The molecule has 1 amide bonds. The van der Waals surface area contributed by atoms with Crippen molar-refractivity contribution < 1.29 is 14.3 Å². The number of carbonyl (C=O) groups excluding carboxylic acids is 2. The van der Waals surface area contributed by atoms with E-state index in [0.717, 1.165) is 15.6 Å². The Bertz CT molecular complexity index is 1000. The van der Waals surface area contributed by atoms with E-state index in [9.17, 15) is 9.59 Å². The number of rotatable bonds is 4. The first-order valence-electron chi connectivity index (χ1n) is 9.25. The number of halogens is 1. The Hall–Kier alpha value is -2.38. The molecule has 2 heterocycles. The predicted octanol–water partition coefficient (Wildman–Crippen LogP) is 4.84. The predicted molar refractivity (Wildman–Crippen MR) is 117 cm³/mol. The quantitative estimate of drug-likeness (QED) is 0.599. The van der Waals surface area contributed by atoms with Crippen LogP contribution in [0.25, 0.3) is 0 Å². The lowest BCUT2D eigenvalue weighted by Gasteiger charge is -2.38. The summed E-state index contributed by atoms with van der Waals surface area (Å²) in [5.41, 5.74) is 2.75. The molecule has 4 rings (SSSR count). The number of amidine groups is 1. The van der Waals surface area contributed by atoms with Gasteiger partial charge in [-0.3, -0.25) is 9.69 Å². The molecule has 0 N–H and O–H groups in total. The number of aliphatic imine (C=N–C) groups is 1. The fraction of sp³-hybridized carbons (Fsp3) is 0.227. The van der Waals surface area contributed by atoms with Crippen molar-refractivity contribution >= 4 is 44.7 Å². The van der Waals surface area contributed by atoms with Crippen LogP contribution in [0.1, 0.15) is 30.5 Å². The van der Waals surface area contributed by atoms with Crippen molar-refractivity contribution in [3.05, 3.63) is 81.5 Å². The van der Waals surface area contributed by atoms with E-state index in [1.807, 2.05) is 54.6 Å². The number of hydrogen-bond donors (Lipinski definition) is 0. The highest BCUT2D eigenvalue weighted by atomic mass is 79.9. The van der Waals surface area contributed by atoms with Crippen molar-refractivity contribution in [2.75, 3.05) is 5.75 Å². The molecule has 1 saturated heterocycles. The molecule has 2 aromatic rings. The van der Waals surface area contributed by atoms with Gasteiger partial charge in [-0.2, -0.15) is 0 Å². The average Bonchev–Trinajstić information content (AvgIpc) is 2.72. The topological polar surface area (TPSA) is 59.0 Å². The number of nitrogens with zero attached hydrogens (tertiary/aromatic N) is 2. The van der Waals surface area contributed by atoms with Crippen LogP contribution >= 0.6 is 27.7 Å². The van der Waals surface area contributed by atoms with Gasteiger partial charge in [-0.05, 0) is 30.2 Å². The summed E-state index contributed by atoms with van der Waals surface area (Å²) in [5.74, 6) is 0.212. The van der Waals surface area contributed by atoms with Crippen LogP contribution < -0.4 is 0 Å². The third-order valence-electron chi connectivity index (χ3n) is 4.83. The molecule has 0 spiro atoms. The lowest BCUT2D eigenvalue weighted by Crippen LogP contribution is -2.45. The summed E-state index contributed by atoms with van der Waals surface area (Å²) in [4.78, 5) is 32.1. The zero-order valence-corrected chi connectivity index (χ0v) is 18.2. The van der Waals surface area contributed by atoms with Crippen molar-refractivity contribution in [1.82, 2.24) is 4.90 Å². The molecular formula is C22H19BrN2O3S.